The number of halogens is 1. The van der Waals surface area contributed by atoms with Crippen LogP contribution in [0, 0.1) is 12.8 Å². The van der Waals surface area contributed by atoms with E-state index >= 15 is 0 Å². The number of rotatable bonds is 7. The highest BCUT2D eigenvalue weighted by molar-refractivity contribution is 6.28. The first-order valence-corrected chi connectivity index (χ1v) is 10.2. The fourth-order valence-corrected chi connectivity index (χ4v) is 3.47. The lowest BCUT2D eigenvalue weighted by atomic mass is 10.0. The number of aryl methyl sites for hydroxylation is 1. The van der Waals surface area contributed by atoms with E-state index in [0.29, 0.717) is 29.7 Å². The molecule has 1 saturated carbocycles. The molecule has 2 aromatic rings. The molecule has 4 rings (SSSR count). The molecule has 8 nitrogen and oxygen atoms in total. The van der Waals surface area contributed by atoms with E-state index in [1.807, 2.05) is 31.2 Å². The molecule has 1 atom stereocenters. The van der Waals surface area contributed by atoms with Gasteiger partial charge in [-0.15, -0.1) is 0 Å². The minimum Gasteiger partial charge on any atom is -0.395 e. The number of carbonyl (C=O) groups is 1. The fraction of sp³-hybridized carbons (Fsp3) is 0.333. The monoisotopic (exact) mass is 426 g/mol. The van der Waals surface area contributed by atoms with Crippen LogP contribution in [0.2, 0.25) is 5.28 Å². The zero-order chi connectivity index (χ0) is 21.1. The first-order valence-electron chi connectivity index (χ1n) is 9.85. The van der Waals surface area contributed by atoms with E-state index in [0.717, 1.165) is 29.5 Å². The molecule has 0 radical (unpaired) electrons. The van der Waals surface area contributed by atoms with Gasteiger partial charge in [-0.1, -0.05) is 6.07 Å². The largest absolute Gasteiger partial charge is 0.395 e. The fourth-order valence-electron chi connectivity index (χ4n) is 3.28. The molecule has 2 aliphatic rings. The van der Waals surface area contributed by atoms with Gasteiger partial charge >= 0.3 is 0 Å². The van der Waals surface area contributed by atoms with E-state index in [1.54, 1.807) is 12.3 Å². The summed E-state index contributed by atoms with van der Waals surface area (Å²) in [6, 6.07) is 6.89. The van der Waals surface area contributed by atoms with Crippen molar-refractivity contribution >= 4 is 35.2 Å². The molecule has 1 amide bonds. The van der Waals surface area contributed by atoms with Gasteiger partial charge in [0.05, 0.1) is 18.5 Å². The van der Waals surface area contributed by atoms with Crippen molar-refractivity contribution in [3.8, 4) is 11.3 Å². The van der Waals surface area contributed by atoms with Crippen molar-refractivity contribution in [2.45, 2.75) is 25.8 Å². The third kappa shape index (κ3) is 4.77. The second-order valence-corrected chi connectivity index (χ2v) is 7.72. The van der Waals surface area contributed by atoms with Gasteiger partial charge < -0.3 is 15.7 Å². The van der Waals surface area contributed by atoms with Crippen LogP contribution in [0.25, 0.3) is 11.3 Å². The Morgan fingerprint density at radius 1 is 1.30 bits per heavy atom. The van der Waals surface area contributed by atoms with Crippen molar-refractivity contribution < 1.29 is 9.90 Å². The number of carbonyl (C=O) groups excluding carboxylic acids is 1. The van der Waals surface area contributed by atoms with Gasteiger partial charge in [-0.2, -0.15) is 5.10 Å². The van der Waals surface area contributed by atoms with Gasteiger partial charge in [0.15, 0.2) is 0 Å². The molecule has 1 aliphatic heterocycles. The molecule has 4 N–H and O–H groups in total. The summed E-state index contributed by atoms with van der Waals surface area (Å²) in [5.41, 5.74) is 7.06. The second-order valence-electron chi connectivity index (χ2n) is 7.38. The Morgan fingerprint density at radius 3 is 2.90 bits per heavy atom. The van der Waals surface area contributed by atoms with Crippen molar-refractivity contribution in [2.75, 3.05) is 23.8 Å². The molecular weight excluding hydrogens is 404 g/mol. The van der Waals surface area contributed by atoms with Crippen molar-refractivity contribution in [2.24, 2.45) is 11.0 Å². The number of hydrogen-bond donors (Lipinski definition) is 4. The number of aromatic nitrogens is 2. The average Bonchev–Trinajstić information content (AvgIpc) is 3.59. The smallest absolute Gasteiger partial charge is 0.252 e. The highest BCUT2D eigenvalue weighted by atomic mass is 35.5. The van der Waals surface area contributed by atoms with Crippen LogP contribution < -0.4 is 16.1 Å². The lowest BCUT2D eigenvalue weighted by Crippen LogP contribution is -2.38. The van der Waals surface area contributed by atoms with Crippen LogP contribution in [-0.4, -0.2) is 46.4 Å². The number of nitrogens with zero attached hydrogens (tertiary/aromatic N) is 3. The highest BCUT2D eigenvalue weighted by Gasteiger charge is 2.29. The molecule has 9 heteroatoms. The summed E-state index contributed by atoms with van der Waals surface area (Å²) < 4.78 is 0. The Morgan fingerprint density at radius 2 is 2.13 bits per heavy atom. The quantitative estimate of drug-likeness (QED) is 0.506. The van der Waals surface area contributed by atoms with Gasteiger partial charge in [0.1, 0.15) is 11.9 Å². The van der Waals surface area contributed by atoms with Crippen molar-refractivity contribution in [1.29, 1.82) is 0 Å². The summed E-state index contributed by atoms with van der Waals surface area (Å²) in [7, 11) is 0. The Labute approximate surface area is 179 Å². The first-order chi connectivity index (χ1) is 14.5. The second kappa shape index (κ2) is 8.81. The van der Waals surface area contributed by atoms with Gasteiger partial charge in [-0.25, -0.2) is 9.97 Å². The molecule has 2 heterocycles. The van der Waals surface area contributed by atoms with Crippen molar-refractivity contribution in [3.63, 3.8) is 0 Å². The van der Waals surface area contributed by atoms with Crippen LogP contribution in [0.4, 0.5) is 11.5 Å². The van der Waals surface area contributed by atoms with E-state index in [9.17, 15) is 4.79 Å². The zero-order valence-corrected chi connectivity index (χ0v) is 17.3. The van der Waals surface area contributed by atoms with Crippen molar-refractivity contribution in [1.82, 2.24) is 15.4 Å². The molecule has 156 valence electrons. The standard InChI is InChI=1S/C21H23ClN6O2/c1-12-2-5-15(25-20(30)18-8-14(11-24-28-18)13-3-4-13)9-16(12)17-10-19(23-6-7-29)27-21(22)26-17/h2,5,8-11,13,18,28-29H,3-4,6-7H2,1H3,(H,25,30)(H,23,26,27). The minimum atomic E-state index is -0.502. The SMILES string of the molecule is Cc1ccc(NC(=O)C2C=C(C3CC3)C=NN2)cc1-c1cc(NCCO)nc(Cl)n1. The van der Waals surface area contributed by atoms with Gasteiger partial charge in [0.25, 0.3) is 5.91 Å². The summed E-state index contributed by atoms with van der Waals surface area (Å²) in [6.45, 7) is 2.29. The van der Waals surface area contributed by atoms with Gasteiger partial charge in [-0.3, -0.25) is 10.2 Å². The predicted octanol–water partition coefficient (Wildman–Crippen LogP) is 2.74. The number of amides is 1. The number of allylic oxidation sites excluding steroid dienone is 1. The van der Waals surface area contributed by atoms with Gasteiger partial charge in [0, 0.05) is 23.9 Å². The van der Waals surface area contributed by atoms with Crippen LogP contribution in [0.15, 0.2) is 41.0 Å². The number of aliphatic hydroxyl groups excluding tert-OH is 1. The average molecular weight is 427 g/mol. The van der Waals surface area contributed by atoms with E-state index in [1.165, 1.54) is 0 Å². The van der Waals surface area contributed by atoms with Gasteiger partial charge in [0.2, 0.25) is 5.28 Å². The minimum absolute atomic E-state index is 0.0202. The normalized spacial score (nSPS) is 17.8. The van der Waals surface area contributed by atoms with Crippen molar-refractivity contribution in [3.05, 3.63) is 46.8 Å². The predicted molar refractivity (Wildman–Crippen MR) is 118 cm³/mol. The summed E-state index contributed by atoms with van der Waals surface area (Å²) in [4.78, 5) is 21.2. The highest BCUT2D eigenvalue weighted by Crippen LogP contribution is 2.36. The maximum absolute atomic E-state index is 12.7. The molecule has 0 saturated heterocycles. The molecule has 0 bridgehead atoms. The Hall–Kier alpha value is -2.97. The topological polar surface area (TPSA) is 112 Å². The maximum atomic E-state index is 12.7. The molecule has 30 heavy (non-hydrogen) atoms. The lowest BCUT2D eigenvalue weighted by Gasteiger charge is -2.18. The molecule has 1 aliphatic carbocycles. The summed E-state index contributed by atoms with van der Waals surface area (Å²) in [5.74, 6) is 0.883. The van der Waals surface area contributed by atoms with Crippen LogP contribution >= 0.6 is 11.6 Å². The van der Waals surface area contributed by atoms with E-state index in [4.69, 9.17) is 16.7 Å². The Bertz CT molecular complexity index is 1020. The zero-order valence-electron chi connectivity index (χ0n) is 16.5. The van der Waals surface area contributed by atoms with Crippen LogP contribution in [-0.2, 0) is 4.79 Å². The van der Waals surface area contributed by atoms with E-state index < -0.39 is 6.04 Å². The number of hydrazone groups is 1. The first kappa shape index (κ1) is 20.3. The van der Waals surface area contributed by atoms with E-state index in [-0.39, 0.29) is 17.8 Å². The maximum Gasteiger partial charge on any atom is 0.252 e. The van der Waals surface area contributed by atoms with Crippen LogP contribution in [0.5, 0.6) is 0 Å². The summed E-state index contributed by atoms with van der Waals surface area (Å²) >= 11 is 6.08. The van der Waals surface area contributed by atoms with E-state index in [2.05, 4.69) is 31.1 Å². The molecule has 1 unspecified atom stereocenters. The third-order valence-electron chi connectivity index (χ3n) is 5.02. The summed E-state index contributed by atoms with van der Waals surface area (Å²) in [6.07, 6.45) is 6.05. The number of nitrogens with one attached hydrogen (secondary N) is 3. The molecule has 1 aromatic heterocycles. The molecule has 1 fully saturated rings. The molecular formula is C21H23ClN6O2. The van der Waals surface area contributed by atoms with Crippen LogP contribution in [0.3, 0.4) is 0 Å². The number of aliphatic hydroxyl groups is 1. The molecule has 1 aromatic carbocycles. The number of anilines is 2. The molecule has 0 spiro atoms. The Kier molecular flexibility index (Phi) is 5.96. The summed E-state index contributed by atoms with van der Waals surface area (Å²) in [5, 5.41) is 19.2. The number of benzene rings is 1. The third-order valence-corrected chi connectivity index (χ3v) is 5.18. The van der Waals surface area contributed by atoms with Crippen LogP contribution in [0.1, 0.15) is 18.4 Å². The number of hydrogen-bond acceptors (Lipinski definition) is 7. The van der Waals surface area contributed by atoms with Gasteiger partial charge in [-0.05, 0) is 66.6 Å². The lowest BCUT2D eigenvalue weighted by molar-refractivity contribution is -0.117. The Balaban J connectivity index is 1.54.